The summed E-state index contributed by atoms with van der Waals surface area (Å²) in [6.45, 7) is 4.81. The normalized spacial score (nSPS) is 14.4. The molecule has 0 spiro atoms. The first-order valence-electron chi connectivity index (χ1n) is 5.43. The molecular weight excluding hydrogens is 220 g/mol. The van der Waals surface area contributed by atoms with E-state index in [9.17, 15) is 4.21 Å². The number of anilines is 2. The minimum atomic E-state index is -0.748. The van der Waals surface area contributed by atoms with Gasteiger partial charge in [0, 0.05) is 28.9 Å². The highest BCUT2D eigenvalue weighted by molar-refractivity contribution is 7.84. The highest BCUT2D eigenvalue weighted by Gasteiger charge is 2.05. The average Bonchev–Trinajstić information content (AvgIpc) is 2.20. The Morgan fingerprint density at radius 2 is 2.19 bits per heavy atom. The SMILES string of the molecule is Cc1ccc(NCCC(C)S(C)=O)c(N)c1. The van der Waals surface area contributed by atoms with Crippen LogP contribution in [0.3, 0.4) is 0 Å². The molecule has 0 aliphatic heterocycles. The molecule has 1 rings (SSSR count). The molecule has 0 heterocycles. The van der Waals surface area contributed by atoms with Gasteiger partial charge in [-0.25, -0.2) is 0 Å². The van der Waals surface area contributed by atoms with Gasteiger partial charge in [0.25, 0.3) is 0 Å². The zero-order chi connectivity index (χ0) is 12.1. The number of nitrogen functional groups attached to an aromatic ring is 1. The van der Waals surface area contributed by atoms with Crippen LogP contribution in [0.2, 0.25) is 0 Å². The van der Waals surface area contributed by atoms with Crippen LogP contribution in [-0.2, 0) is 10.8 Å². The van der Waals surface area contributed by atoms with Crippen molar-refractivity contribution in [3.63, 3.8) is 0 Å². The number of nitrogens with two attached hydrogens (primary N) is 1. The standard InChI is InChI=1S/C12H20N2OS/c1-9-4-5-12(11(13)8-9)14-7-6-10(2)16(3)15/h4-5,8,10,14H,6-7,13H2,1-3H3. The van der Waals surface area contributed by atoms with Crippen LogP contribution in [-0.4, -0.2) is 22.3 Å². The largest absolute Gasteiger partial charge is 0.397 e. The van der Waals surface area contributed by atoms with E-state index in [2.05, 4.69) is 5.32 Å². The lowest BCUT2D eigenvalue weighted by Crippen LogP contribution is -2.15. The van der Waals surface area contributed by atoms with Crippen molar-refractivity contribution < 1.29 is 4.21 Å². The lowest BCUT2D eigenvalue weighted by Gasteiger charge is -2.12. The van der Waals surface area contributed by atoms with Crippen LogP contribution >= 0.6 is 0 Å². The van der Waals surface area contributed by atoms with E-state index in [0.29, 0.717) is 0 Å². The maximum atomic E-state index is 11.2. The van der Waals surface area contributed by atoms with E-state index in [4.69, 9.17) is 5.73 Å². The average molecular weight is 240 g/mol. The van der Waals surface area contributed by atoms with Crippen molar-refractivity contribution in [2.45, 2.75) is 25.5 Å². The molecule has 0 saturated heterocycles. The van der Waals surface area contributed by atoms with Gasteiger partial charge in [0.1, 0.15) is 0 Å². The van der Waals surface area contributed by atoms with Gasteiger partial charge < -0.3 is 11.1 Å². The fraction of sp³-hybridized carbons (Fsp3) is 0.500. The molecule has 0 fully saturated rings. The quantitative estimate of drug-likeness (QED) is 0.775. The minimum absolute atomic E-state index is 0.221. The summed E-state index contributed by atoms with van der Waals surface area (Å²) in [4.78, 5) is 0. The Kier molecular flexibility index (Phi) is 4.80. The highest BCUT2D eigenvalue weighted by Crippen LogP contribution is 2.19. The molecule has 90 valence electrons. The molecule has 0 aromatic heterocycles. The summed E-state index contributed by atoms with van der Waals surface area (Å²) in [6.07, 6.45) is 2.63. The number of aryl methyl sites for hydroxylation is 1. The third kappa shape index (κ3) is 3.85. The Morgan fingerprint density at radius 3 is 2.75 bits per heavy atom. The van der Waals surface area contributed by atoms with Crippen LogP contribution in [0.1, 0.15) is 18.9 Å². The number of hydrogen-bond donors (Lipinski definition) is 2. The van der Waals surface area contributed by atoms with Crippen molar-refractivity contribution in [1.82, 2.24) is 0 Å². The Morgan fingerprint density at radius 1 is 1.50 bits per heavy atom. The van der Waals surface area contributed by atoms with Crippen LogP contribution in [0.5, 0.6) is 0 Å². The number of rotatable bonds is 5. The molecule has 16 heavy (non-hydrogen) atoms. The third-order valence-corrected chi connectivity index (χ3v) is 4.01. The Bertz CT molecular complexity index is 379. The minimum Gasteiger partial charge on any atom is -0.397 e. The van der Waals surface area contributed by atoms with E-state index >= 15 is 0 Å². The summed E-state index contributed by atoms with van der Waals surface area (Å²) in [5.74, 6) is 0. The summed E-state index contributed by atoms with van der Waals surface area (Å²) in [6, 6.07) is 5.96. The zero-order valence-corrected chi connectivity index (χ0v) is 10.9. The van der Waals surface area contributed by atoms with Crippen LogP contribution < -0.4 is 11.1 Å². The Hall–Kier alpha value is -1.03. The predicted molar refractivity (Wildman–Crippen MR) is 72.2 cm³/mol. The third-order valence-electron chi connectivity index (χ3n) is 2.64. The van der Waals surface area contributed by atoms with E-state index in [1.54, 1.807) is 6.26 Å². The molecule has 2 unspecified atom stereocenters. The molecule has 0 aliphatic carbocycles. The molecule has 1 aromatic carbocycles. The van der Waals surface area contributed by atoms with Crippen LogP contribution in [0.4, 0.5) is 11.4 Å². The second-order valence-electron chi connectivity index (χ2n) is 4.12. The lowest BCUT2D eigenvalue weighted by atomic mass is 10.2. The van der Waals surface area contributed by atoms with E-state index < -0.39 is 10.8 Å². The van der Waals surface area contributed by atoms with E-state index in [0.717, 1.165) is 29.9 Å². The fourth-order valence-electron chi connectivity index (χ4n) is 1.42. The van der Waals surface area contributed by atoms with Crippen LogP contribution in [0.15, 0.2) is 18.2 Å². The summed E-state index contributed by atoms with van der Waals surface area (Å²) < 4.78 is 11.2. The molecule has 3 nitrogen and oxygen atoms in total. The summed E-state index contributed by atoms with van der Waals surface area (Å²) in [5, 5.41) is 3.49. The van der Waals surface area contributed by atoms with Gasteiger partial charge in [-0.15, -0.1) is 0 Å². The topological polar surface area (TPSA) is 55.1 Å². The number of hydrogen-bond acceptors (Lipinski definition) is 3. The maximum absolute atomic E-state index is 11.2. The van der Waals surface area contributed by atoms with Crippen molar-refractivity contribution >= 4 is 22.2 Å². The molecular formula is C12H20N2OS. The molecule has 0 amide bonds. The maximum Gasteiger partial charge on any atom is 0.0574 e. The van der Waals surface area contributed by atoms with Gasteiger partial charge in [-0.2, -0.15) is 0 Å². The molecule has 0 saturated carbocycles. The summed E-state index contributed by atoms with van der Waals surface area (Å²) in [7, 11) is -0.748. The van der Waals surface area contributed by atoms with Crippen LogP contribution in [0, 0.1) is 6.92 Å². The first kappa shape index (κ1) is 13.0. The monoisotopic (exact) mass is 240 g/mol. The smallest absolute Gasteiger partial charge is 0.0574 e. The van der Waals surface area contributed by atoms with Crippen molar-refractivity contribution in [2.75, 3.05) is 23.9 Å². The van der Waals surface area contributed by atoms with Crippen molar-refractivity contribution in [3.05, 3.63) is 23.8 Å². The predicted octanol–water partition coefficient (Wildman–Crippen LogP) is 2.15. The van der Waals surface area contributed by atoms with Gasteiger partial charge in [-0.3, -0.25) is 4.21 Å². The van der Waals surface area contributed by atoms with Gasteiger partial charge in [0.15, 0.2) is 0 Å². The summed E-state index contributed by atoms with van der Waals surface area (Å²) >= 11 is 0. The second kappa shape index (κ2) is 5.89. The Labute approximate surface area is 99.9 Å². The van der Waals surface area contributed by atoms with Crippen LogP contribution in [0.25, 0.3) is 0 Å². The van der Waals surface area contributed by atoms with Gasteiger partial charge >= 0.3 is 0 Å². The molecule has 2 atom stereocenters. The van der Waals surface area contributed by atoms with E-state index in [1.807, 2.05) is 32.0 Å². The summed E-state index contributed by atoms with van der Waals surface area (Å²) in [5.41, 5.74) is 8.76. The van der Waals surface area contributed by atoms with Gasteiger partial charge in [-0.05, 0) is 31.0 Å². The van der Waals surface area contributed by atoms with E-state index in [1.165, 1.54) is 0 Å². The number of nitrogens with one attached hydrogen (secondary N) is 1. The van der Waals surface area contributed by atoms with Gasteiger partial charge in [-0.1, -0.05) is 13.0 Å². The molecule has 1 aromatic rings. The molecule has 0 aliphatic rings. The lowest BCUT2D eigenvalue weighted by molar-refractivity contribution is 0.672. The molecule has 0 bridgehead atoms. The van der Waals surface area contributed by atoms with Crippen molar-refractivity contribution in [3.8, 4) is 0 Å². The van der Waals surface area contributed by atoms with E-state index in [-0.39, 0.29) is 5.25 Å². The zero-order valence-electron chi connectivity index (χ0n) is 10.1. The highest BCUT2D eigenvalue weighted by atomic mass is 32.2. The van der Waals surface area contributed by atoms with Crippen molar-refractivity contribution in [2.24, 2.45) is 0 Å². The molecule has 3 N–H and O–H groups in total. The first-order valence-corrected chi connectivity index (χ1v) is 7.05. The molecule has 4 heteroatoms. The van der Waals surface area contributed by atoms with Gasteiger partial charge in [0.05, 0.1) is 11.4 Å². The second-order valence-corrected chi connectivity index (χ2v) is 5.92. The molecule has 0 radical (unpaired) electrons. The first-order chi connectivity index (χ1) is 7.50. The number of benzene rings is 1. The fourth-order valence-corrected chi connectivity index (χ4v) is 1.87. The van der Waals surface area contributed by atoms with Crippen molar-refractivity contribution in [1.29, 1.82) is 0 Å². The Balaban J connectivity index is 2.46. The van der Waals surface area contributed by atoms with Gasteiger partial charge in [0.2, 0.25) is 0 Å².